The summed E-state index contributed by atoms with van der Waals surface area (Å²) in [6, 6.07) is 0. The van der Waals surface area contributed by atoms with E-state index in [0.717, 1.165) is 0 Å². The van der Waals surface area contributed by atoms with Crippen LogP contribution in [0.25, 0.3) is 0 Å². The van der Waals surface area contributed by atoms with E-state index in [2.05, 4.69) is 6.58 Å². The summed E-state index contributed by atoms with van der Waals surface area (Å²) in [6.07, 6.45) is -0.191. The van der Waals surface area contributed by atoms with Gasteiger partial charge in [0, 0.05) is 0 Å². The fourth-order valence-corrected chi connectivity index (χ4v) is 0.255. The van der Waals surface area contributed by atoms with E-state index >= 15 is 0 Å². The maximum Gasteiger partial charge on any atom is 0.336 e. The molecule has 0 aliphatic heterocycles. The summed E-state index contributed by atoms with van der Waals surface area (Å²) in [5, 5.41) is 7.78. The van der Waals surface area contributed by atoms with Crippen molar-refractivity contribution in [2.24, 2.45) is 0 Å². The van der Waals surface area contributed by atoms with Crippen molar-refractivity contribution in [3.05, 3.63) is 12.7 Å². The highest BCUT2D eigenvalue weighted by Gasteiger charge is 2.53. The topological polar surface area (TPSA) is 20.2 Å². The van der Waals surface area contributed by atoms with Gasteiger partial charge in [0.25, 0.3) is 0 Å². The number of aliphatic hydroxyl groups excluding tert-OH is 1. The Morgan fingerprint density at radius 2 is 1.70 bits per heavy atom. The second-order valence-electron chi connectivity index (χ2n) is 1.69. The molecule has 5 heteroatoms. The molecule has 60 valence electrons. The lowest BCUT2D eigenvalue weighted by Gasteiger charge is -2.20. The fraction of sp³-hybridized carbons (Fsp3) is 0.600. The molecular weight excluding hydrogens is 152 g/mol. The van der Waals surface area contributed by atoms with Gasteiger partial charge in [0.15, 0.2) is 0 Å². The highest BCUT2D eigenvalue weighted by molar-refractivity contribution is 4.97. The van der Waals surface area contributed by atoms with Gasteiger partial charge < -0.3 is 5.11 Å². The van der Waals surface area contributed by atoms with Crippen molar-refractivity contribution in [2.45, 2.75) is 11.8 Å². The normalized spacial score (nSPS) is 13.3. The van der Waals surface area contributed by atoms with Gasteiger partial charge in [-0.1, -0.05) is 6.58 Å². The van der Waals surface area contributed by atoms with Gasteiger partial charge in [-0.2, -0.15) is 17.6 Å². The summed E-state index contributed by atoms with van der Waals surface area (Å²) in [6.45, 7) is 0.623. The van der Waals surface area contributed by atoms with E-state index in [1.165, 1.54) is 0 Å². The average Bonchev–Trinajstić information content (AvgIpc) is 1.88. The molecule has 0 saturated heterocycles. The Balaban J connectivity index is 4.43. The first kappa shape index (κ1) is 9.42. The molecule has 0 amide bonds. The summed E-state index contributed by atoms with van der Waals surface area (Å²) in [7, 11) is 0. The Bertz CT molecular complexity index is 132. The molecule has 1 N–H and O–H groups in total. The van der Waals surface area contributed by atoms with Crippen LogP contribution >= 0.6 is 0 Å². The van der Waals surface area contributed by atoms with Crippen LogP contribution in [0.1, 0.15) is 0 Å². The van der Waals surface area contributed by atoms with E-state index in [1.807, 2.05) is 0 Å². The Kier molecular flexibility index (Phi) is 2.42. The number of allylic oxidation sites excluding steroid dienone is 1. The van der Waals surface area contributed by atoms with Crippen LogP contribution in [0.5, 0.6) is 0 Å². The molecule has 10 heavy (non-hydrogen) atoms. The van der Waals surface area contributed by atoms with Crippen molar-refractivity contribution in [3.8, 4) is 0 Å². The van der Waals surface area contributed by atoms with Crippen LogP contribution in [0.4, 0.5) is 17.6 Å². The highest BCUT2D eigenvalue weighted by atomic mass is 19.3. The molecule has 0 atom stereocenters. The molecule has 0 saturated carbocycles. The third-order valence-electron chi connectivity index (χ3n) is 0.943. The molecule has 0 unspecified atom stereocenters. The SMILES string of the molecule is C=CC(F)(F)C(F)(F)CO. The van der Waals surface area contributed by atoms with Gasteiger partial charge in [-0.15, -0.1) is 0 Å². The van der Waals surface area contributed by atoms with E-state index < -0.39 is 18.5 Å². The second-order valence-corrected chi connectivity index (χ2v) is 1.69. The largest absolute Gasteiger partial charge is 0.390 e. The number of hydrogen-bond donors (Lipinski definition) is 1. The monoisotopic (exact) mass is 158 g/mol. The van der Waals surface area contributed by atoms with Gasteiger partial charge in [0.05, 0.1) is 0 Å². The molecule has 0 heterocycles. The van der Waals surface area contributed by atoms with Crippen molar-refractivity contribution < 1.29 is 22.7 Å². The molecule has 0 fully saturated rings. The summed E-state index contributed by atoms with van der Waals surface area (Å²) in [5.74, 6) is -8.74. The van der Waals surface area contributed by atoms with E-state index in [9.17, 15) is 17.6 Å². The number of hydrogen-bond acceptors (Lipinski definition) is 1. The van der Waals surface area contributed by atoms with Gasteiger partial charge >= 0.3 is 11.8 Å². The second kappa shape index (κ2) is 2.57. The van der Waals surface area contributed by atoms with Crippen LogP contribution in [-0.4, -0.2) is 23.6 Å². The van der Waals surface area contributed by atoms with Crippen LogP contribution in [0, 0.1) is 0 Å². The summed E-state index contributed by atoms with van der Waals surface area (Å²) < 4.78 is 47.5. The van der Waals surface area contributed by atoms with Crippen molar-refractivity contribution in [3.63, 3.8) is 0 Å². The Morgan fingerprint density at radius 1 is 1.30 bits per heavy atom. The maximum absolute atomic E-state index is 11.9. The maximum atomic E-state index is 11.9. The first-order valence-corrected chi connectivity index (χ1v) is 2.37. The summed E-state index contributed by atoms with van der Waals surface area (Å²) in [4.78, 5) is 0. The van der Waals surface area contributed by atoms with Gasteiger partial charge in [-0.05, 0) is 6.08 Å². The highest BCUT2D eigenvalue weighted by Crippen LogP contribution is 2.34. The molecule has 0 spiro atoms. The minimum absolute atomic E-state index is 0.191. The smallest absolute Gasteiger partial charge is 0.336 e. The lowest BCUT2D eigenvalue weighted by molar-refractivity contribution is -0.198. The first-order chi connectivity index (χ1) is 4.37. The van der Waals surface area contributed by atoms with E-state index in [-0.39, 0.29) is 6.08 Å². The zero-order chi connectivity index (χ0) is 8.41. The Hall–Kier alpha value is -0.580. The molecule has 0 aliphatic carbocycles. The predicted molar refractivity (Wildman–Crippen MR) is 27.2 cm³/mol. The minimum Gasteiger partial charge on any atom is -0.390 e. The van der Waals surface area contributed by atoms with Crippen molar-refractivity contribution >= 4 is 0 Å². The summed E-state index contributed by atoms with van der Waals surface area (Å²) >= 11 is 0. The molecule has 0 rings (SSSR count). The first-order valence-electron chi connectivity index (χ1n) is 2.37. The number of halogens is 4. The molecule has 0 bridgehead atoms. The lowest BCUT2D eigenvalue weighted by atomic mass is 10.2. The summed E-state index contributed by atoms with van der Waals surface area (Å²) in [5.41, 5.74) is 0. The molecule has 0 aliphatic rings. The number of alkyl halides is 4. The van der Waals surface area contributed by atoms with Crippen LogP contribution in [-0.2, 0) is 0 Å². The number of rotatable bonds is 3. The van der Waals surface area contributed by atoms with Crippen molar-refractivity contribution in [2.75, 3.05) is 6.61 Å². The van der Waals surface area contributed by atoms with E-state index in [4.69, 9.17) is 5.11 Å². The molecule has 0 aromatic heterocycles. The van der Waals surface area contributed by atoms with Crippen LogP contribution in [0.15, 0.2) is 12.7 Å². The zero-order valence-corrected chi connectivity index (χ0v) is 4.95. The van der Waals surface area contributed by atoms with Gasteiger partial charge in [-0.25, -0.2) is 0 Å². The zero-order valence-electron chi connectivity index (χ0n) is 4.95. The van der Waals surface area contributed by atoms with Gasteiger partial charge in [-0.3, -0.25) is 0 Å². The molecular formula is C5H6F4O. The number of aliphatic hydroxyl groups is 1. The van der Waals surface area contributed by atoms with Crippen molar-refractivity contribution in [1.29, 1.82) is 0 Å². The van der Waals surface area contributed by atoms with Crippen molar-refractivity contribution in [1.82, 2.24) is 0 Å². The third kappa shape index (κ3) is 1.47. The van der Waals surface area contributed by atoms with Gasteiger partial charge in [0.1, 0.15) is 6.61 Å². The molecule has 0 aromatic carbocycles. The average molecular weight is 158 g/mol. The van der Waals surface area contributed by atoms with E-state index in [0.29, 0.717) is 0 Å². The van der Waals surface area contributed by atoms with Crippen LogP contribution < -0.4 is 0 Å². The van der Waals surface area contributed by atoms with Gasteiger partial charge in [0.2, 0.25) is 0 Å². The van der Waals surface area contributed by atoms with Crippen LogP contribution in [0.3, 0.4) is 0 Å². The lowest BCUT2D eigenvalue weighted by Crippen LogP contribution is -2.41. The van der Waals surface area contributed by atoms with Crippen LogP contribution in [0.2, 0.25) is 0 Å². The Labute approximate surface area is 55.0 Å². The molecule has 1 nitrogen and oxygen atoms in total. The predicted octanol–water partition coefficient (Wildman–Crippen LogP) is 1.44. The quantitative estimate of drug-likeness (QED) is 0.486. The van der Waals surface area contributed by atoms with E-state index in [1.54, 1.807) is 0 Å². The third-order valence-corrected chi connectivity index (χ3v) is 0.943. The molecule has 0 radical (unpaired) electrons. The standard InChI is InChI=1S/C5H6F4O/c1-2-4(6,7)5(8,9)3-10/h2,10H,1,3H2. The Morgan fingerprint density at radius 3 is 1.80 bits per heavy atom. The minimum atomic E-state index is -4.41. The molecule has 0 aromatic rings. The fourth-order valence-electron chi connectivity index (χ4n) is 0.255.